The maximum absolute atomic E-state index is 11.8. The number of carbonyl (C=O) groups is 1. The number of hydrogen-bond donors (Lipinski definition) is 2. The molecule has 0 spiro atoms. The van der Waals surface area contributed by atoms with Crippen molar-refractivity contribution in [1.29, 1.82) is 0 Å². The van der Waals surface area contributed by atoms with Gasteiger partial charge in [-0.2, -0.15) is 0 Å². The number of pyridine rings is 1. The molecule has 0 aliphatic rings. The molecule has 22 heavy (non-hydrogen) atoms. The van der Waals surface area contributed by atoms with Gasteiger partial charge in [0.2, 0.25) is 0 Å². The van der Waals surface area contributed by atoms with E-state index in [-0.39, 0.29) is 5.91 Å². The lowest BCUT2D eigenvalue weighted by atomic mass is 10.2. The van der Waals surface area contributed by atoms with Gasteiger partial charge in [-0.15, -0.1) is 10.2 Å². The molecule has 0 atom stereocenters. The van der Waals surface area contributed by atoms with E-state index in [1.165, 1.54) is 0 Å². The molecule has 0 aliphatic carbocycles. The van der Waals surface area contributed by atoms with Gasteiger partial charge in [-0.1, -0.05) is 0 Å². The number of rotatable bonds is 8. The lowest BCUT2D eigenvalue weighted by Gasteiger charge is -2.10. The molecular weight excluding hydrogens is 284 g/mol. The average molecular weight is 304 g/mol. The van der Waals surface area contributed by atoms with Gasteiger partial charge in [0.1, 0.15) is 18.0 Å². The van der Waals surface area contributed by atoms with Crippen LogP contribution in [0.1, 0.15) is 16.2 Å². The van der Waals surface area contributed by atoms with Crippen molar-refractivity contribution in [2.45, 2.75) is 13.0 Å². The highest BCUT2D eigenvalue weighted by Crippen LogP contribution is 2.11. The number of hydrogen-bond acceptors (Lipinski definition) is 6. The van der Waals surface area contributed by atoms with Gasteiger partial charge < -0.3 is 19.9 Å². The first kappa shape index (κ1) is 15.9. The van der Waals surface area contributed by atoms with E-state index in [0.29, 0.717) is 37.5 Å². The van der Waals surface area contributed by atoms with Crippen LogP contribution in [0.2, 0.25) is 0 Å². The van der Waals surface area contributed by atoms with Crippen molar-refractivity contribution in [3.05, 3.63) is 36.0 Å². The molecule has 0 bridgehead atoms. The molecule has 0 radical (unpaired) electrons. The van der Waals surface area contributed by atoms with Crippen LogP contribution in [0.3, 0.4) is 0 Å². The van der Waals surface area contributed by atoms with Crippen molar-refractivity contribution in [2.24, 2.45) is 0 Å². The molecule has 2 N–H and O–H groups in total. The van der Waals surface area contributed by atoms with E-state index in [9.17, 15) is 4.79 Å². The molecule has 2 rings (SSSR count). The van der Waals surface area contributed by atoms with Gasteiger partial charge in [-0.05, 0) is 12.1 Å². The zero-order chi connectivity index (χ0) is 15.8. The van der Waals surface area contributed by atoms with Crippen LogP contribution in [0.4, 0.5) is 5.82 Å². The summed E-state index contributed by atoms with van der Waals surface area (Å²) in [5.74, 6) is 1.26. The summed E-state index contributed by atoms with van der Waals surface area (Å²) in [6.45, 7) is 1.93. The number of nitrogens with one attached hydrogen (secondary N) is 2. The summed E-state index contributed by atoms with van der Waals surface area (Å²) < 4.78 is 7.00. The molecule has 2 aromatic rings. The van der Waals surface area contributed by atoms with E-state index in [1.807, 2.05) is 4.57 Å². The summed E-state index contributed by atoms with van der Waals surface area (Å²) in [6, 6.07) is 3.46. The van der Waals surface area contributed by atoms with E-state index in [0.717, 1.165) is 5.82 Å². The van der Waals surface area contributed by atoms with Crippen LogP contribution in [0.25, 0.3) is 0 Å². The van der Waals surface area contributed by atoms with Crippen LogP contribution < -0.4 is 10.6 Å². The molecule has 0 aliphatic heterocycles. The Morgan fingerprint density at radius 3 is 3.09 bits per heavy atom. The van der Waals surface area contributed by atoms with Crippen LogP contribution in [-0.4, -0.2) is 53.0 Å². The van der Waals surface area contributed by atoms with Crippen molar-refractivity contribution >= 4 is 11.7 Å². The Balaban J connectivity index is 1.94. The number of methoxy groups -OCH3 is 1. The third-order valence-corrected chi connectivity index (χ3v) is 3.15. The molecule has 0 saturated carbocycles. The standard InChI is InChI=1S/C14H20N6O2/c1-15-14(21)11-4-3-6-16-13(11)17-7-5-12-19-18-10-20(12)8-9-22-2/h3-4,6,10H,5,7-9H2,1-2H3,(H,15,21)(H,16,17). The monoisotopic (exact) mass is 304 g/mol. The summed E-state index contributed by atoms with van der Waals surface area (Å²) >= 11 is 0. The number of amides is 1. The first-order valence-corrected chi connectivity index (χ1v) is 7.03. The summed E-state index contributed by atoms with van der Waals surface area (Å²) in [4.78, 5) is 16.0. The van der Waals surface area contributed by atoms with Crippen LogP contribution in [0.5, 0.6) is 0 Å². The Hall–Kier alpha value is -2.48. The first-order valence-electron chi connectivity index (χ1n) is 7.03. The molecule has 0 saturated heterocycles. The molecule has 0 aromatic carbocycles. The Bertz CT molecular complexity index is 613. The largest absolute Gasteiger partial charge is 0.383 e. The minimum absolute atomic E-state index is 0.168. The predicted molar refractivity (Wildman–Crippen MR) is 81.7 cm³/mol. The van der Waals surface area contributed by atoms with E-state index in [4.69, 9.17) is 4.74 Å². The topological polar surface area (TPSA) is 94.0 Å². The fraction of sp³-hybridized carbons (Fsp3) is 0.429. The molecule has 1 amide bonds. The predicted octanol–water partition coefficient (Wildman–Crippen LogP) is 0.334. The Labute approximate surface area is 128 Å². The third-order valence-electron chi connectivity index (χ3n) is 3.15. The van der Waals surface area contributed by atoms with Crippen LogP contribution in [-0.2, 0) is 17.7 Å². The summed E-state index contributed by atoms with van der Waals surface area (Å²) in [7, 11) is 3.25. The van der Waals surface area contributed by atoms with E-state index in [2.05, 4.69) is 25.8 Å². The SMILES string of the molecule is CNC(=O)c1cccnc1NCCc1nncn1CCOC. The summed E-state index contributed by atoms with van der Waals surface area (Å²) in [5, 5.41) is 13.8. The van der Waals surface area contributed by atoms with Crippen molar-refractivity contribution in [1.82, 2.24) is 25.1 Å². The second kappa shape index (κ2) is 8.08. The van der Waals surface area contributed by atoms with Crippen molar-refractivity contribution < 1.29 is 9.53 Å². The second-order valence-electron chi connectivity index (χ2n) is 4.59. The van der Waals surface area contributed by atoms with Gasteiger partial charge in [0.25, 0.3) is 5.91 Å². The Kier molecular flexibility index (Phi) is 5.84. The van der Waals surface area contributed by atoms with Gasteiger partial charge in [-0.25, -0.2) is 4.98 Å². The minimum Gasteiger partial charge on any atom is -0.383 e. The van der Waals surface area contributed by atoms with Crippen LogP contribution in [0, 0.1) is 0 Å². The molecule has 0 unspecified atom stereocenters. The number of aromatic nitrogens is 4. The van der Waals surface area contributed by atoms with Gasteiger partial charge in [0, 0.05) is 39.9 Å². The lowest BCUT2D eigenvalue weighted by Crippen LogP contribution is -2.21. The normalized spacial score (nSPS) is 10.5. The molecule has 118 valence electrons. The summed E-state index contributed by atoms with van der Waals surface area (Å²) in [5.41, 5.74) is 0.519. The molecular formula is C14H20N6O2. The van der Waals surface area contributed by atoms with Crippen molar-refractivity contribution in [2.75, 3.05) is 32.6 Å². The first-order chi connectivity index (χ1) is 10.8. The van der Waals surface area contributed by atoms with E-state index < -0.39 is 0 Å². The molecule has 8 nitrogen and oxygen atoms in total. The van der Waals surface area contributed by atoms with Gasteiger partial charge in [0.05, 0.1) is 12.2 Å². The summed E-state index contributed by atoms with van der Waals surface area (Å²) in [6.07, 6.45) is 4.01. The maximum atomic E-state index is 11.8. The highest BCUT2D eigenvalue weighted by atomic mass is 16.5. The van der Waals surface area contributed by atoms with Crippen LogP contribution >= 0.6 is 0 Å². The molecule has 2 heterocycles. The third kappa shape index (κ3) is 4.01. The highest BCUT2D eigenvalue weighted by Gasteiger charge is 2.10. The molecule has 0 fully saturated rings. The zero-order valence-corrected chi connectivity index (χ0v) is 12.7. The molecule has 2 aromatic heterocycles. The zero-order valence-electron chi connectivity index (χ0n) is 12.7. The smallest absolute Gasteiger partial charge is 0.254 e. The van der Waals surface area contributed by atoms with Gasteiger partial charge in [0.15, 0.2) is 0 Å². The second-order valence-corrected chi connectivity index (χ2v) is 4.59. The van der Waals surface area contributed by atoms with Gasteiger partial charge >= 0.3 is 0 Å². The minimum atomic E-state index is -0.168. The van der Waals surface area contributed by atoms with E-state index in [1.54, 1.807) is 38.8 Å². The highest BCUT2D eigenvalue weighted by molar-refractivity contribution is 5.98. The number of anilines is 1. The van der Waals surface area contributed by atoms with Crippen molar-refractivity contribution in [3.8, 4) is 0 Å². The van der Waals surface area contributed by atoms with Gasteiger partial charge in [-0.3, -0.25) is 4.79 Å². The number of ether oxygens (including phenoxy) is 1. The fourth-order valence-electron chi connectivity index (χ4n) is 2.01. The average Bonchev–Trinajstić information content (AvgIpc) is 3.00. The lowest BCUT2D eigenvalue weighted by molar-refractivity contribution is 0.0963. The number of carbonyl (C=O) groups excluding carboxylic acids is 1. The quantitative estimate of drug-likeness (QED) is 0.730. The maximum Gasteiger partial charge on any atom is 0.254 e. The fourth-order valence-corrected chi connectivity index (χ4v) is 2.01. The van der Waals surface area contributed by atoms with E-state index >= 15 is 0 Å². The Morgan fingerprint density at radius 2 is 2.32 bits per heavy atom. The number of nitrogens with zero attached hydrogens (tertiary/aromatic N) is 4. The Morgan fingerprint density at radius 1 is 1.45 bits per heavy atom. The molecule has 8 heteroatoms. The van der Waals surface area contributed by atoms with Crippen molar-refractivity contribution in [3.63, 3.8) is 0 Å². The van der Waals surface area contributed by atoms with Crippen LogP contribution in [0.15, 0.2) is 24.7 Å².